The first-order valence-electron chi connectivity index (χ1n) is 7.06. The number of hydrogen-bond acceptors (Lipinski definition) is 0. The molecule has 0 heterocycles. The molecule has 0 amide bonds. The number of aryl methyl sites for hydroxylation is 1. The Morgan fingerprint density at radius 2 is 2.00 bits per heavy atom. The largest absolute Gasteiger partial charge is 0.0888 e. The fourth-order valence-electron chi connectivity index (χ4n) is 2.74. The van der Waals surface area contributed by atoms with Gasteiger partial charge >= 0.3 is 0 Å². The average molecular weight is 293 g/mol. The summed E-state index contributed by atoms with van der Waals surface area (Å²) in [6.45, 7) is 0. The van der Waals surface area contributed by atoms with Gasteiger partial charge in [0, 0.05) is 4.83 Å². The van der Waals surface area contributed by atoms with Crippen LogP contribution >= 0.6 is 15.9 Å². The highest BCUT2D eigenvalue weighted by Crippen LogP contribution is 2.39. The minimum atomic E-state index is 0.759. The molecule has 0 spiro atoms. The quantitative estimate of drug-likeness (QED) is 0.666. The van der Waals surface area contributed by atoms with Gasteiger partial charge in [0.15, 0.2) is 0 Å². The lowest BCUT2D eigenvalue weighted by Gasteiger charge is -2.26. The van der Waals surface area contributed by atoms with Crippen LogP contribution in [0.15, 0.2) is 24.3 Å². The van der Waals surface area contributed by atoms with E-state index in [0.29, 0.717) is 0 Å². The van der Waals surface area contributed by atoms with E-state index < -0.39 is 0 Å². The summed E-state index contributed by atoms with van der Waals surface area (Å²) >= 11 is 3.83. The summed E-state index contributed by atoms with van der Waals surface area (Å²) in [6.07, 6.45) is 9.68. The molecular weight excluding hydrogens is 272 g/mol. The van der Waals surface area contributed by atoms with Gasteiger partial charge in [-0.2, -0.15) is 0 Å². The van der Waals surface area contributed by atoms with Crippen LogP contribution in [0.1, 0.15) is 55.6 Å². The van der Waals surface area contributed by atoms with Gasteiger partial charge in [0.1, 0.15) is 0 Å². The second-order valence-corrected chi connectivity index (χ2v) is 6.94. The number of benzene rings is 1. The SMILES string of the molecule is BrC(CCc1cccc(C2CCC2)c1)C1CC1. The Labute approximate surface area is 113 Å². The normalized spacial score (nSPS) is 22.2. The van der Waals surface area contributed by atoms with Crippen molar-refractivity contribution < 1.29 is 0 Å². The Morgan fingerprint density at radius 3 is 2.65 bits per heavy atom. The predicted molar refractivity (Wildman–Crippen MR) is 76.8 cm³/mol. The van der Waals surface area contributed by atoms with Crippen molar-refractivity contribution >= 4 is 15.9 Å². The lowest BCUT2D eigenvalue weighted by atomic mass is 9.79. The van der Waals surface area contributed by atoms with Crippen LogP contribution in [0.5, 0.6) is 0 Å². The second-order valence-electron chi connectivity index (χ2n) is 5.76. The zero-order chi connectivity index (χ0) is 11.7. The molecule has 2 fully saturated rings. The van der Waals surface area contributed by atoms with Crippen molar-refractivity contribution in [1.82, 2.24) is 0 Å². The van der Waals surface area contributed by atoms with E-state index in [9.17, 15) is 0 Å². The number of halogens is 1. The van der Waals surface area contributed by atoms with E-state index in [4.69, 9.17) is 0 Å². The third-order valence-electron chi connectivity index (χ3n) is 4.37. The third kappa shape index (κ3) is 2.93. The first kappa shape index (κ1) is 11.8. The van der Waals surface area contributed by atoms with Crippen LogP contribution in [0.3, 0.4) is 0 Å². The fraction of sp³-hybridized carbons (Fsp3) is 0.625. The van der Waals surface area contributed by atoms with Crippen molar-refractivity contribution in [2.75, 3.05) is 0 Å². The molecule has 2 aliphatic rings. The molecule has 0 radical (unpaired) electrons. The summed E-state index contributed by atoms with van der Waals surface area (Å²) in [4.78, 5) is 0.759. The standard InChI is InChI=1S/C16H21Br/c17-16(14-8-9-14)10-7-12-3-1-6-15(11-12)13-4-2-5-13/h1,3,6,11,13-14,16H,2,4-5,7-10H2. The summed E-state index contributed by atoms with van der Waals surface area (Å²) in [5.74, 6) is 1.85. The van der Waals surface area contributed by atoms with E-state index in [1.165, 1.54) is 44.9 Å². The number of rotatable bonds is 5. The van der Waals surface area contributed by atoms with E-state index >= 15 is 0 Å². The van der Waals surface area contributed by atoms with E-state index in [1.807, 2.05) is 0 Å². The molecule has 1 heteroatoms. The molecule has 1 aromatic rings. The highest BCUT2D eigenvalue weighted by molar-refractivity contribution is 9.09. The van der Waals surface area contributed by atoms with Crippen molar-refractivity contribution in [3.8, 4) is 0 Å². The molecule has 2 aliphatic carbocycles. The summed E-state index contributed by atoms with van der Waals surface area (Å²) in [5, 5.41) is 0. The summed E-state index contributed by atoms with van der Waals surface area (Å²) < 4.78 is 0. The Hall–Kier alpha value is -0.300. The van der Waals surface area contributed by atoms with Crippen LogP contribution in [0.4, 0.5) is 0 Å². The molecule has 92 valence electrons. The minimum Gasteiger partial charge on any atom is -0.0888 e. The molecule has 1 atom stereocenters. The Balaban J connectivity index is 1.57. The average Bonchev–Trinajstić information content (AvgIpc) is 3.08. The molecule has 17 heavy (non-hydrogen) atoms. The zero-order valence-electron chi connectivity index (χ0n) is 10.4. The monoisotopic (exact) mass is 292 g/mol. The molecule has 3 rings (SSSR count). The topological polar surface area (TPSA) is 0 Å². The highest BCUT2D eigenvalue weighted by atomic mass is 79.9. The highest BCUT2D eigenvalue weighted by Gasteiger charge is 2.28. The summed E-state index contributed by atoms with van der Waals surface area (Å²) in [5.41, 5.74) is 3.13. The molecule has 0 N–H and O–H groups in total. The van der Waals surface area contributed by atoms with Gasteiger partial charge in [0.05, 0.1) is 0 Å². The van der Waals surface area contributed by atoms with Gasteiger partial charge in [-0.15, -0.1) is 0 Å². The molecule has 0 saturated heterocycles. The molecule has 1 aromatic carbocycles. The lowest BCUT2D eigenvalue weighted by Crippen LogP contribution is -2.09. The first-order valence-corrected chi connectivity index (χ1v) is 7.97. The van der Waals surface area contributed by atoms with Gasteiger partial charge < -0.3 is 0 Å². The van der Waals surface area contributed by atoms with Crippen molar-refractivity contribution in [3.05, 3.63) is 35.4 Å². The predicted octanol–water partition coefficient (Wildman–Crippen LogP) is 5.06. The lowest BCUT2D eigenvalue weighted by molar-refractivity contribution is 0.419. The van der Waals surface area contributed by atoms with E-state index in [0.717, 1.165) is 16.7 Å². The van der Waals surface area contributed by atoms with Gasteiger partial charge in [-0.25, -0.2) is 0 Å². The van der Waals surface area contributed by atoms with E-state index in [2.05, 4.69) is 40.2 Å². The van der Waals surface area contributed by atoms with Crippen LogP contribution in [-0.2, 0) is 6.42 Å². The van der Waals surface area contributed by atoms with E-state index in [-0.39, 0.29) is 0 Å². The van der Waals surface area contributed by atoms with Crippen LogP contribution in [0, 0.1) is 5.92 Å². The maximum Gasteiger partial charge on any atom is 0.0177 e. The van der Waals surface area contributed by atoms with Crippen molar-refractivity contribution in [2.24, 2.45) is 5.92 Å². The van der Waals surface area contributed by atoms with Crippen molar-refractivity contribution in [2.45, 2.75) is 55.7 Å². The maximum atomic E-state index is 3.83. The zero-order valence-corrected chi connectivity index (χ0v) is 12.0. The van der Waals surface area contributed by atoms with Gasteiger partial charge in [0.25, 0.3) is 0 Å². The molecule has 0 aliphatic heterocycles. The Morgan fingerprint density at radius 1 is 1.18 bits per heavy atom. The van der Waals surface area contributed by atoms with Crippen LogP contribution in [-0.4, -0.2) is 4.83 Å². The van der Waals surface area contributed by atoms with Gasteiger partial charge in [-0.05, 0) is 61.5 Å². The third-order valence-corrected chi connectivity index (χ3v) is 5.58. The van der Waals surface area contributed by atoms with Gasteiger partial charge in [-0.1, -0.05) is 46.6 Å². The molecule has 0 nitrogen and oxygen atoms in total. The van der Waals surface area contributed by atoms with Crippen molar-refractivity contribution in [1.29, 1.82) is 0 Å². The number of hydrogen-bond donors (Lipinski definition) is 0. The van der Waals surface area contributed by atoms with Crippen LogP contribution < -0.4 is 0 Å². The minimum absolute atomic E-state index is 0.759. The molecular formula is C16H21Br. The Kier molecular flexibility index (Phi) is 3.56. The molecule has 0 aromatic heterocycles. The Bertz CT molecular complexity index is 377. The van der Waals surface area contributed by atoms with Crippen molar-refractivity contribution in [3.63, 3.8) is 0 Å². The van der Waals surface area contributed by atoms with Crippen LogP contribution in [0.2, 0.25) is 0 Å². The van der Waals surface area contributed by atoms with Crippen LogP contribution in [0.25, 0.3) is 0 Å². The fourth-order valence-corrected chi connectivity index (χ4v) is 3.50. The summed E-state index contributed by atoms with van der Waals surface area (Å²) in [7, 11) is 0. The molecule has 1 unspecified atom stereocenters. The molecule has 2 saturated carbocycles. The smallest absolute Gasteiger partial charge is 0.0177 e. The van der Waals surface area contributed by atoms with Gasteiger partial charge in [-0.3, -0.25) is 0 Å². The van der Waals surface area contributed by atoms with Gasteiger partial charge in [0.2, 0.25) is 0 Å². The number of alkyl halides is 1. The van der Waals surface area contributed by atoms with E-state index in [1.54, 1.807) is 11.1 Å². The maximum absolute atomic E-state index is 3.83. The first-order chi connectivity index (χ1) is 8.33. The summed E-state index contributed by atoms with van der Waals surface area (Å²) in [6, 6.07) is 9.33. The second kappa shape index (κ2) is 5.14. The molecule has 0 bridgehead atoms.